The van der Waals surface area contributed by atoms with E-state index in [2.05, 4.69) is 5.32 Å². The molecule has 0 unspecified atom stereocenters. The Labute approximate surface area is 195 Å². The second kappa shape index (κ2) is 8.52. The van der Waals surface area contributed by atoms with E-state index < -0.39 is 0 Å². The van der Waals surface area contributed by atoms with Gasteiger partial charge in [0.15, 0.2) is 0 Å². The number of nitrogens with zero attached hydrogens (tertiary/aromatic N) is 2. The van der Waals surface area contributed by atoms with Gasteiger partial charge in [-0.3, -0.25) is 9.59 Å². The number of nitrogens with one attached hydrogen (secondary N) is 1. The SMILES string of the molecule is COc1cc(-n2cccc2)c(Cl)cc1C(=O)Nc1ccc2c(c1)CCN2C(=O)c1ccoc1. The van der Waals surface area contributed by atoms with E-state index in [4.69, 9.17) is 20.8 Å². The summed E-state index contributed by atoms with van der Waals surface area (Å²) in [5, 5.41) is 3.34. The van der Waals surface area contributed by atoms with Crippen LogP contribution in [-0.4, -0.2) is 30.0 Å². The van der Waals surface area contributed by atoms with Gasteiger partial charge in [-0.1, -0.05) is 11.6 Å². The van der Waals surface area contributed by atoms with Crippen molar-refractivity contribution in [2.45, 2.75) is 6.42 Å². The molecule has 1 aliphatic heterocycles. The maximum absolute atomic E-state index is 13.0. The predicted molar refractivity (Wildman–Crippen MR) is 126 cm³/mol. The number of benzene rings is 2. The van der Waals surface area contributed by atoms with E-state index in [1.807, 2.05) is 41.2 Å². The number of fused-ring (bicyclic) bond motifs is 1. The van der Waals surface area contributed by atoms with Crippen LogP contribution >= 0.6 is 11.6 Å². The minimum absolute atomic E-state index is 0.110. The smallest absolute Gasteiger partial charge is 0.261 e. The van der Waals surface area contributed by atoms with Gasteiger partial charge in [-0.25, -0.2) is 0 Å². The highest BCUT2D eigenvalue weighted by atomic mass is 35.5. The van der Waals surface area contributed by atoms with Gasteiger partial charge in [0.1, 0.15) is 12.0 Å². The first-order valence-corrected chi connectivity index (χ1v) is 10.7. The maximum Gasteiger partial charge on any atom is 0.261 e. The zero-order valence-electron chi connectivity index (χ0n) is 17.7. The van der Waals surface area contributed by atoms with E-state index >= 15 is 0 Å². The van der Waals surface area contributed by atoms with Crippen LogP contribution in [0.15, 0.2) is 77.9 Å². The summed E-state index contributed by atoms with van der Waals surface area (Å²) < 4.78 is 12.3. The van der Waals surface area contributed by atoms with Crippen LogP contribution in [0.5, 0.6) is 5.75 Å². The van der Waals surface area contributed by atoms with Gasteiger partial charge < -0.3 is 23.9 Å². The second-order valence-electron chi connectivity index (χ2n) is 7.61. The van der Waals surface area contributed by atoms with Crippen LogP contribution in [0.4, 0.5) is 11.4 Å². The number of carbonyl (C=O) groups is 2. The van der Waals surface area contributed by atoms with E-state index in [1.54, 1.807) is 29.2 Å². The van der Waals surface area contributed by atoms with Gasteiger partial charge >= 0.3 is 0 Å². The van der Waals surface area contributed by atoms with Crippen molar-refractivity contribution in [1.82, 2.24) is 4.57 Å². The molecule has 0 atom stereocenters. The lowest BCUT2D eigenvalue weighted by Crippen LogP contribution is -2.28. The minimum Gasteiger partial charge on any atom is -0.496 e. The molecule has 3 heterocycles. The van der Waals surface area contributed by atoms with Crippen LogP contribution < -0.4 is 15.0 Å². The largest absolute Gasteiger partial charge is 0.496 e. The third-order valence-electron chi connectivity index (χ3n) is 5.64. The Morgan fingerprint density at radius 2 is 1.91 bits per heavy atom. The maximum atomic E-state index is 13.0. The molecule has 8 heteroatoms. The van der Waals surface area contributed by atoms with Crippen molar-refractivity contribution < 1.29 is 18.7 Å². The molecule has 0 spiro atoms. The van der Waals surface area contributed by atoms with Crippen LogP contribution in [0.2, 0.25) is 5.02 Å². The Kier molecular flexibility index (Phi) is 5.40. The first-order chi connectivity index (χ1) is 16.0. The van der Waals surface area contributed by atoms with Gasteiger partial charge in [-0.05, 0) is 54.4 Å². The first kappa shape index (κ1) is 20.9. The lowest BCUT2D eigenvalue weighted by atomic mass is 10.1. The molecule has 0 aliphatic carbocycles. The summed E-state index contributed by atoms with van der Waals surface area (Å²) >= 11 is 6.46. The number of aromatic nitrogens is 1. The van der Waals surface area contributed by atoms with Crippen LogP contribution in [0.1, 0.15) is 26.3 Å². The summed E-state index contributed by atoms with van der Waals surface area (Å²) in [6.45, 7) is 0.570. The number of rotatable bonds is 5. The fraction of sp³-hybridized carbons (Fsp3) is 0.120. The Morgan fingerprint density at radius 1 is 1.09 bits per heavy atom. The molecule has 0 saturated carbocycles. The third-order valence-corrected chi connectivity index (χ3v) is 5.95. The molecule has 0 bridgehead atoms. The van der Waals surface area contributed by atoms with Crippen molar-refractivity contribution in [1.29, 1.82) is 0 Å². The molecule has 4 aromatic rings. The summed E-state index contributed by atoms with van der Waals surface area (Å²) in [6.07, 6.45) is 7.35. The summed E-state index contributed by atoms with van der Waals surface area (Å²) in [5.41, 5.74) is 4.00. The highest BCUT2D eigenvalue weighted by molar-refractivity contribution is 6.33. The normalized spacial score (nSPS) is 12.5. The Bertz CT molecular complexity index is 1330. The third kappa shape index (κ3) is 3.87. The summed E-state index contributed by atoms with van der Waals surface area (Å²) in [4.78, 5) is 27.5. The van der Waals surface area contributed by atoms with Gasteiger partial charge in [0.05, 0.1) is 35.2 Å². The number of anilines is 2. The highest BCUT2D eigenvalue weighted by Gasteiger charge is 2.26. The molecule has 33 heavy (non-hydrogen) atoms. The predicted octanol–water partition coefficient (Wildman–Crippen LogP) is 5.19. The number of hydrogen-bond donors (Lipinski definition) is 1. The molecule has 0 fully saturated rings. The quantitative estimate of drug-likeness (QED) is 0.444. The zero-order valence-corrected chi connectivity index (χ0v) is 18.5. The molecule has 2 aromatic carbocycles. The fourth-order valence-corrected chi connectivity index (χ4v) is 4.27. The minimum atomic E-state index is -0.336. The summed E-state index contributed by atoms with van der Waals surface area (Å²) in [5.74, 6) is -0.0304. The molecular weight excluding hydrogens is 442 g/mol. The Morgan fingerprint density at radius 3 is 2.64 bits per heavy atom. The Hall–Kier alpha value is -3.97. The molecular formula is C25H20ClN3O4. The average Bonchev–Trinajstić information content (AvgIpc) is 3.60. The molecule has 1 aliphatic rings. The molecule has 7 nitrogen and oxygen atoms in total. The number of methoxy groups -OCH3 is 1. The van der Waals surface area contributed by atoms with E-state index in [-0.39, 0.29) is 11.8 Å². The molecule has 2 aromatic heterocycles. The molecule has 166 valence electrons. The number of amides is 2. The molecule has 0 saturated heterocycles. The Balaban J connectivity index is 1.38. The van der Waals surface area contributed by atoms with Crippen molar-refractivity contribution in [2.24, 2.45) is 0 Å². The summed E-state index contributed by atoms with van der Waals surface area (Å²) in [6, 6.07) is 14.3. The lowest BCUT2D eigenvalue weighted by molar-refractivity contribution is 0.0986. The van der Waals surface area contributed by atoms with E-state index in [9.17, 15) is 9.59 Å². The number of carbonyl (C=O) groups excluding carboxylic acids is 2. The lowest BCUT2D eigenvalue weighted by Gasteiger charge is -2.17. The number of halogens is 1. The van der Waals surface area contributed by atoms with Gasteiger partial charge in [0, 0.05) is 36.4 Å². The topological polar surface area (TPSA) is 76.7 Å². The van der Waals surface area contributed by atoms with Crippen LogP contribution in [-0.2, 0) is 6.42 Å². The highest BCUT2D eigenvalue weighted by Crippen LogP contribution is 2.33. The van der Waals surface area contributed by atoms with Crippen LogP contribution in [0.3, 0.4) is 0 Å². The van der Waals surface area contributed by atoms with Crippen molar-refractivity contribution in [3.05, 3.63) is 95.2 Å². The van der Waals surface area contributed by atoms with Gasteiger partial charge in [0.2, 0.25) is 0 Å². The van der Waals surface area contributed by atoms with Gasteiger partial charge in [-0.15, -0.1) is 0 Å². The second-order valence-corrected chi connectivity index (χ2v) is 8.02. The molecule has 0 radical (unpaired) electrons. The number of furan rings is 1. The van der Waals surface area contributed by atoms with E-state index in [0.717, 1.165) is 16.9 Å². The first-order valence-electron chi connectivity index (χ1n) is 10.3. The summed E-state index contributed by atoms with van der Waals surface area (Å²) in [7, 11) is 1.51. The number of hydrogen-bond acceptors (Lipinski definition) is 4. The zero-order chi connectivity index (χ0) is 22.9. The van der Waals surface area contributed by atoms with Crippen molar-refractivity contribution >= 4 is 34.8 Å². The molecule has 1 N–H and O–H groups in total. The molecule has 5 rings (SSSR count). The van der Waals surface area contributed by atoms with Crippen LogP contribution in [0.25, 0.3) is 5.69 Å². The van der Waals surface area contributed by atoms with Crippen molar-refractivity contribution in [3.63, 3.8) is 0 Å². The van der Waals surface area contributed by atoms with Gasteiger partial charge in [0.25, 0.3) is 11.8 Å². The molecule has 2 amide bonds. The van der Waals surface area contributed by atoms with E-state index in [1.165, 1.54) is 19.6 Å². The van der Waals surface area contributed by atoms with Crippen molar-refractivity contribution in [3.8, 4) is 11.4 Å². The standard InChI is InChI=1S/C25H20ClN3O4/c1-32-23-14-22(28-8-2-3-9-28)20(26)13-19(23)24(30)27-18-4-5-21-16(12-18)6-10-29(21)25(31)17-7-11-33-15-17/h2-5,7-9,11-15H,6,10H2,1H3,(H,27,30). The fourth-order valence-electron chi connectivity index (χ4n) is 4.01. The van der Waals surface area contributed by atoms with Crippen LogP contribution in [0, 0.1) is 0 Å². The van der Waals surface area contributed by atoms with Gasteiger partial charge in [-0.2, -0.15) is 0 Å². The van der Waals surface area contributed by atoms with Crippen molar-refractivity contribution in [2.75, 3.05) is 23.9 Å². The average molecular weight is 462 g/mol. The monoisotopic (exact) mass is 461 g/mol. The number of ether oxygens (including phenoxy) is 1. The van der Waals surface area contributed by atoms with E-state index in [0.29, 0.717) is 40.6 Å².